The summed E-state index contributed by atoms with van der Waals surface area (Å²) >= 11 is 0. The average Bonchev–Trinajstić information content (AvgIpc) is 2.05. The first-order valence-electron chi connectivity index (χ1n) is 3.91. The summed E-state index contributed by atoms with van der Waals surface area (Å²) < 4.78 is 12.9. The maximum atomic E-state index is 12.9. The van der Waals surface area contributed by atoms with Crippen molar-refractivity contribution in [3.05, 3.63) is 29.6 Å². The Morgan fingerprint density at radius 1 is 1.42 bits per heavy atom. The summed E-state index contributed by atoms with van der Waals surface area (Å²) in [6, 6.07) is 4.91. The smallest absolute Gasteiger partial charge is 0.147 e. The molecule has 66 valence electrons. The third-order valence-electron chi connectivity index (χ3n) is 1.81. The molecule has 3 heteroatoms. The van der Waals surface area contributed by atoms with Crippen molar-refractivity contribution in [3.63, 3.8) is 0 Å². The van der Waals surface area contributed by atoms with E-state index in [1.807, 2.05) is 13.8 Å². The Hall–Kier alpha value is -1.09. The molecule has 0 unspecified atom stereocenters. The summed E-state index contributed by atoms with van der Waals surface area (Å²) in [5.41, 5.74) is 3.74. The van der Waals surface area contributed by atoms with Crippen molar-refractivity contribution >= 4 is 5.69 Å². The Labute approximate surface area is 71.6 Å². The lowest BCUT2D eigenvalue weighted by molar-refractivity contribution is 0.629. The predicted octanol–water partition coefficient (Wildman–Crippen LogP) is 2.23. The van der Waals surface area contributed by atoms with Gasteiger partial charge in [0.15, 0.2) is 0 Å². The Morgan fingerprint density at radius 2 is 2.08 bits per heavy atom. The van der Waals surface area contributed by atoms with E-state index in [0.29, 0.717) is 11.6 Å². The van der Waals surface area contributed by atoms with Crippen LogP contribution in [0.4, 0.5) is 10.1 Å². The van der Waals surface area contributed by atoms with Gasteiger partial charge in [-0.05, 0) is 23.6 Å². The first kappa shape index (κ1) is 9.00. The van der Waals surface area contributed by atoms with Crippen LogP contribution in [0.15, 0.2) is 18.2 Å². The lowest BCUT2D eigenvalue weighted by Crippen LogP contribution is -2.09. The number of nitrogens with one attached hydrogen (secondary N) is 1. The second kappa shape index (κ2) is 3.54. The third-order valence-corrected chi connectivity index (χ3v) is 1.81. The van der Waals surface area contributed by atoms with Crippen LogP contribution in [0.2, 0.25) is 0 Å². The fourth-order valence-corrected chi connectivity index (χ4v) is 1.01. The van der Waals surface area contributed by atoms with Crippen molar-refractivity contribution in [1.82, 2.24) is 0 Å². The molecule has 0 radical (unpaired) electrons. The van der Waals surface area contributed by atoms with Crippen LogP contribution in [0, 0.1) is 5.82 Å². The van der Waals surface area contributed by atoms with E-state index in [2.05, 4.69) is 5.43 Å². The van der Waals surface area contributed by atoms with Gasteiger partial charge in [-0.15, -0.1) is 0 Å². The summed E-state index contributed by atoms with van der Waals surface area (Å²) in [7, 11) is 0. The molecule has 0 aliphatic carbocycles. The van der Waals surface area contributed by atoms with Crippen molar-refractivity contribution in [2.24, 2.45) is 5.84 Å². The van der Waals surface area contributed by atoms with Crippen LogP contribution in [-0.2, 0) is 0 Å². The van der Waals surface area contributed by atoms with Crippen molar-refractivity contribution in [1.29, 1.82) is 0 Å². The molecular formula is C9H13FN2. The van der Waals surface area contributed by atoms with E-state index < -0.39 is 0 Å². The zero-order valence-corrected chi connectivity index (χ0v) is 7.26. The Bertz CT molecular complexity index is 271. The van der Waals surface area contributed by atoms with Gasteiger partial charge in [-0.25, -0.2) is 4.39 Å². The topological polar surface area (TPSA) is 38.0 Å². The molecule has 1 rings (SSSR count). The van der Waals surface area contributed by atoms with Gasteiger partial charge in [0, 0.05) is 0 Å². The number of rotatable bonds is 2. The van der Waals surface area contributed by atoms with Crippen LogP contribution < -0.4 is 11.3 Å². The van der Waals surface area contributed by atoms with E-state index in [9.17, 15) is 4.39 Å². The normalized spacial score (nSPS) is 10.4. The van der Waals surface area contributed by atoms with Gasteiger partial charge in [0.2, 0.25) is 0 Å². The van der Waals surface area contributed by atoms with E-state index in [-0.39, 0.29) is 5.82 Å². The highest BCUT2D eigenvalue weighted by Gasteiger charge is 2.03. The highest BCUT2D eigenvalue weighted by molar-refractivity contribution is 5.46. The van der Waals surface area contributed by atoms with Gasteiger partial charge in [-0.2, -0.15) is 0 Å². The van der Waals surface area contributed by atoms with Gasteiger partial charge in [0.1, 0.15) is 5.82 Å². The first-order chi connectivity index (χ1) is 5.65. The predicted molar refractivity (Wildman–Crippen MR) is 48.3 cm³/mol. The van der Waals surface area contributed by atoms with Gasteiger partial charge < -0.3 is 5.43 Å². The highest BCUT2D eigenvalue weighted by atomic mass is 19.1. The summed E-state index contributed by atoms with van der Waals surface area (Å²) in [6.45, 7) is 4.10. The maximum absolute atomic E-state index is 12.9. The van der Waals surface area contributed by atoms with Crippen molar-refractivity contribution in [2.75, 3.05) is 5.43 Å². The molecule has 0 fully saturated rings. The molecular weight excluding hydrogens is 155 g/mol. The Morgan fingerprint density at radius 3 is 2.58 bits per heavy atom. The second-order valence-electron chi connectivity index (χ2n) is 3.04. The minimum atomic E-state index is -0.318. The Balaban J connectivity index is 3.05. The molecule has 0 spiro atoms. The van der Waals surface area contributed by atoms with E-state index in [1.54, 1.807) is 12.1 Å². The number of hydrogen-bond acceptors (Lipinski definition) is 2. The zero-order chi connectivity index (χ0) is 9.14. The first-order valence-corrected chi connectivity index (χ1v) is 3.91. The van der Waals surface area contributed by atoms with Crippen molar-refractivity contribution in [2.45, 2.75) is 19.8 Å². The van der Waals surface area contributed by atoms with Crippen molar-refractivity contribution < 1.29 is 4.39 Å². The van der Waals surface area contributed by atoms with E-state index in [0.717, 1.165) is 5.56 Å². The molecule has 0 aromatic heterocycles. The minimum Gasteiger partial charge on any atom is -0.321 e. The monoisotopic (exact) mass is 168 g/mol. The fourth-order valence-electron chi connectivity index (χ4n) is 1.01. The van der Waals surface area contributed by atoms with Crippen LogP contribution in [0.1, 0.15) is 25.3 Å². The molecule has 1 aromatic rings. The summed E-state index contributed by atoms with van der Waals surface area (Å²) in [5.74, 6) is 5.20. The van der Waals surface area contributed by atoms with Crippen LogP contribution in [0.5, 0.6) is 0 Å². The van der Waals surface area contributed by atoms with Crippen LogP contribution in [0.3, 0.4) is 0 Å². The molecule has 0 heterocycles. The molecule has 3 N–H and O–H groups in total. The molecule has 0 aliphatic rings. The molecule has 2 nitrogen and oxygen atoms in total. The number of anilines is 1. The van der Waals surface area contributed by atoms with Crippen LogP contribution in [-0.4, -0.2) is 0 Å². The summed E-state index contributed by atoms with van der Waals surface area (Å²) in [6.07, 6.45) is 0. The molecule has 0 saturated carbocycles. The zero-order valence-electron chi connectivity index (χ0n) is 7.26. The molecule has 0 saturated heterocycles. The standard InChI is InChI=1S/C9H13FN2/c1-6(2)7-3-4-8(10)9(5-7)12-11/h3-6,12H,11H2,1-2H3. The van der Waals surface area contributed by atoms with E-state index in [4.69, 9.17) is 5.84 Å². The molecule has 0 bridgehead atoms. The fraction of sp³-hybridized carbons (Fsp3) is 0.333. The van der Waals surface area contributed by atoms with Crippen LogP contribution >= 0.6 is 0 Å². The molecule has 12 heavy (non-hydrogen) atoms. The minimum absolute atomic E-state index is 0.318. The highest BCUT2D eigenvalue weighted by Crippen LogP contribution is 2.20. The number of halogens is 1. The van der Waals surface area contributed by atoms with Gasteiger partial charge in [0.25, 0.3) is 0 Å². The summed E-state index contributed by atoms with van der Waals surface area (Å²) in [5, 5.41) is 0. The lowest BCUT2D eigenvalue weighted by Gasteiger charge is -2.08. The third kappa shape index (κ3) is 1.74. The molecule has 0 amide bonds. The maximum Gasteiger partial charge on any atom is 0.147 e. The number of nitrogen functional groups attached to an aromatic ring is 1. The lowest BCUT2D eigenvalue weighted by atomic mass is 10.0. The Kier molecular flexibility index (Phi) is 2.65. The number of nitrogens with two attached hydrogens (primary N) is 1. The molecule has 0 atom stereocenters. The van der Waals surface area contributed by atoms with E-state index >= 15 is 0 Å². The number of hydrogen-bond donors (Lipinski definition) is 2. The number of benzene rings is 1. The summed E-state index contributed by atoms with van der Waals surface area (Å²) in [4.78, 5) is 0. The average molecular weight is 168 g/mol. The van der Waals surface area contributed by atoms with Gasteiger partial charge in [0.05, 0.1) is 5.69 Å². The second-order valence-corrected chi connectivity index (χ2v) is 3.04. The van der Waals surface area contributed by atoms with Crippen molar-refractivity contribution in [3.8, 4) is 0 Å². The van der Waals surface area contributed by atoms with Crippen LogP contribution in [0.25, 0.3) is 0 Å². The molecule has 1 aromatic carbocycles. The molecule has 0 aliphatic heterocycles. The van der Waals surface area contributed by atoms with Gasteiger partial charge >= 0.3 is 0 Å². The SMILES string of the molecule is CC(C)c1ccc(F)c(NN)c1. The number of hydrazine groups is 1. The van der Waals surface area contributed by atoms with E-state index in [1.165, 1.54) is 6.07 Å². The van der Waals surface area contributed by atoms with Gasteiger partial charge in [-0.3, -0.25) is 5.84 Å². The largest absolute Gasteiger partial charge is 0.321 e. The van der Waals surface area contributed by atoms with Gasteiger partial charge in [-0.1, -0.05) is 19.9 Å². The quantitative estimate of drug-likeness (QED) is 0.525.